The number of fused-ring (bicyclic) bond motifs is 1. The van der Waals surface area contributed by atoms with Crippen LogP contribution in [0.5, 0.6) is 0 Å². The van der Waals surface area contributed by atoms with Gasteiger partial charge in [0.15, 0.2) is 12.1 Å². The lowest BCUT2D eigenvalue weighted by atomic mass is 9.93. The second kappa shape index (κ2) is 14.9. The van der Waals surface area contributed by atoms with Gasteiger partial charge in [-0.25, -0.2) is 4.79 Å². The van der Waals surface area contributed by atoms with Crippen molar-refractivity contribution in [3.63, 3.8) is 0 Å². The van der Waals surface area contributed by atoms with E-state index in [0.29, 0.717) is 18.8 Å². The first-order chi connectivity index (χ1) is 21.9. The number of carbonyl (C=O) groups is 1. The molecule has 1 N–H and O–H groups in total. The van der Waals surface area contributed by atoms with Crippen LogP contribution in [-0.2, 0) is 51.1 Å². The third kappa shape index (κ3) is 8.72. The molecule has 2 saturated heterocycles. The Hall–Kier alpha value is -2.87. The molecule has 46 heavy (non-hydrogen) atoms. The highest BCUT2D eigenvalue weighted by molar-refractivity contribution is 5.69. The van der Waals surface area contributed by atoms with Crippen molar-refractivity contribution in [1.82, 2.24) is 4.90 Å². The molecule has 3 aliphatic rings. The van der Waals surface area contributed by atoms with E-state index >= 15 is 0 Å². The predicted molar refractivity (Wildman–Crippen MR) is 167 cm³/mol. The molecule has 1 amide bonds. The van der Waals surface area contributed by atoms with Crippen molar-refractivity contribution in [2.24, 2.45) is 0 Å². The maximum absolute atomic E-state index is 13.4. The van der Waals surface area contributed by atoms with Crippen LogP contribution in [0.25, 0.3) is 0 Å². The minimum Gasteiger partial charge on any atom is -0.444 e. The van der Waals surface area contributed by atoms with Crippen LogP contribution in [0.3, 0.4) is 0 Å². The molecule has 11 nitrogen and oxygen atoms in total. The summed E-state index contributed by atoms with van der Waals surface area (Å²) in [7, 11) is 1.50. The van der Waals surface area contributed by atoms with Gasteiger partial charge in [-0.3, -0.25) is 4.90 Å². The summed E-state index contributed by atoms with van der Waals surface area (Å²) in [5, 5.41) is 12.0. The van der Waals surface area contributed by atoms with Gasteiger partial charge < -0.3 is 43.0 Å². The molecule has 0 spiro atoms. The van der Waals surface area contributed by atoms with Crippen molar-refractivity contribution in [3.8, 4) is 0 Å². The summed E-state index contributed by atoms with van der Waals surface area (Å²) in [6.07, 6.45) is -3.20. The van der Waals surface area contributed by atoms with Gasteiger partial charge in [-0.2, -0.15) is 0 Å². The van der Waals surface area contributed by atoms with Crippen LogP contribution in [0.2, 0.25) is 0 Å². The van der Waals surface area contributed by atoms with E-state index in [9.17, 15) is 9.90 Å². The summed E-state index contributed by atoms with van der Waals surface area (Å²) in [5.74, 6) is -0.877. The Balaban J connectivity index is 1.35. The number of amides is 1. The largest absolute Gasteiger partial charge is 0.444 e. The Labute approximate surface area is 271 Å². The van der Waals surface area contributed by atoms with E-state index in [1.165, 1.54) is 12.0 Å². The predicted octanol–water partition coefficient (Wildman–Crippen LogP) is 4.56. The van der Waals surface area contributed by atoms with Gasteiger partial charge in [-0.05, 0) is 51.8 Å². The van der Waals surface area contributed by atoms with Gasteiger partial charge in [0.25, 0.3) is 0 Å². The molecule has 0 aliphatic carbocycles. The third-order valence-electron chi connectivity index (χ3n) is 7.94. The summed E-state index contributed by atoms with van der Waals surface area (Å²) >= 11 is 0. The van der Waals surface area contributed by atoms with Crippen LogP contribution in [0.15, 0.2) is 72.3 Å². The zero-order valence-corrected chi connectivity index (χ0v) is 27.5. The molecule has 0 bridgehead atoms. The lowest BCUT2D eigenvalue weighted by Gasteiger charge is -2.40. The van der Waals surface area contributed by atoms with Gasteiger partial charge in [-0.15, -0.1) is 0 Å². The maximum Gasteiger partial charge on any atom is 0.410 e. The van der Waals surface area contributed by atoms with Crippen molar-refractivity contribution in [1.29, 1.82) is 0 Å². The number of rotatable bonds is 12. The SMILES string of the molecule is CO[C@H]1O[C@H](COCOCc2ccccc2)[C@@H](OCc2ccccc2)C=C1[C@H](O)[C@@H]1[C@H]2OC(C)(C)O[C@H]2CN1C(=O)OC(C)(C)C. The molecule has 2 aromatic rings. The van der Waals surface area contributed by atoms with E-state index in [1.54, 1.807) is 20.8 Å². The highest BCUT2D eigenvalue weighted by Gasteiger charge is 2.58. The molecule has 7 atom stereocenters. The van der Waals surface area contributed by atoms with Crippen LogP contribution in [-0.4, -0.2) is 97.4 Å². The van der Waals surface area contributed by atoms with E-state index in [0.717, 1.165) is 11.1 Å². The molecule has 2 aromatic carbocycles. The number of likely N-dealkylation sites (tertiary alicyclic amines) is 1. The molecule has 0 saturated carbocycles. The number of methoxy groups -OCH3 is 1. The minimum absolute atomic E-state index is 0.0557. The average molecular weight is 642 g/mol. The molecule has 5 rings (SSSR count). The highest BCUT2D eigenvalue weighted by Crippen LogP contribution is 2.41. The van der Waals surface area contributed by atoms with Gasteiger partial charge in [0.1, 0.15) is 42.9 Å². The quantitative estimate of drug-likeness (QED) is 0.201. The first-order valence-corrected chi connectivity index (χ1v) is 15.7. The first kappa shape index (κ1) is 34.5. The summed E-state index contributed by atoms with van der Waals surface area (Å²) in [5.41, 5.74) is 1.69. The summed E-state index contributed by atoms with van der Waals surface area (Å²) < 4.78 is 48.1. The molecule has 0 radical (unpaired) electrons. The van der Waals surface area contributed by atoms with Crippen LogP contribution in [0, 0.1) is 0 Å². The molecule has 3 heterocycles. The van der Waals surface area contributed by atoms with E-state index in [2.05, 4.69) is 0 Å². The van der Waals surface area contributed by atoms with Gasteiger partial charge >= 0.3 is 6.09 Å². The fraction of sp³-hybridized carbons (Fsp3) is 0.571. The normalized spacial score (nSPS) is 28.1. The van der Waals surface area contributed by atoms with Crippen molar-refractivity contribution >= 4 is 6.09 Å². The number of aliphatic hydroxyl groups excluding tert-OH is 1. The number of aliphatic hydroxyl groups is 1. The first-order valence-electron chi connectivity index (χ1n) is 15.7. The Kier molecular flexibility index (Phi) is 11.2. The van der Waals surface area contributed by atoms with Gasteiger partial charge in [0.05, 0.1) is 32.4 Å². The number of nitrogens with zero attached hydrogens (tertiary/aromatic N) is 1. The van der Waals surface area contributed by atoms with Crippen LogP contribution in [0.4, 0.5) is 4.79 Å². The van der Waals surface area contributed by atoms with Crippen LogP contribution >= 0.6 is 0 Å². The van der Waals surface area contributed by atoms with Gasteiger partial charge in [0.2, 0.25) is 0 Å². The van der Waals surface area contributed by atoms with Crippen molar-refractivity contribution in [3.05, 3.63) is 83.4 Å². The van der Waals surface area contributed by atoms with Crippen molar-refractivity contribution in [2.75, 3.05) is 27.1 Å². The topological polar surface area (TPSA) is 114 Å². The average Bonchev–Trinajstić information content (AvgIpc) is 3.51. The molecule has 252 valence electrons. The number of ether oxygens (including phenoxy) is 8. The Morgan fingerprint density at radius 2 is 1.65 bits per heavy atom. The fourth-order valence-electron chi connectivity index (χ4n) is 5.98. The second-order valence-electron chi connectivity index (χ2n) is 13.2. The van der Waals surface area contributed by atoms with Crippen LogP contribution in [0.1, 0.15) is 45.7 Å². The molecule has 2 fully saturated rings. The van der Waals surface area contributed by atoms with E-state index in [-0.39, 0.29) is 19.9 Å². The van der Waals surface area contributed by atoms with E-state index in [4.69, 9.17) is 37.9 Å². The number of hydrogen-bond acceptors (Lipinski definition) is 10. The minimum atomic E-state index is -1.25. The van der Waals surface area contributed by atoms with E-state index in [1.807, 2.05) is 80.6 Å². The number of hydrogen-bond donors (Lipinski definition) is 1. The summed E-state index contributed by atoms with van der Waals surface area (Å²) in [6, 6.07) is 18.8. The Morgan fingerprint density at radius 3 is 2.28 bits per heavy atom. The molecular formula is C35H47NO10. The smallest absolute Gasteiger partial charge is 0.410 e. The molecule has 3 aliphatic heterocycles. The molecule has 0 aromatic heterocycles. The van der Waals surface area contributed by atoms with E-state index < -0.39 is 60.3 Å². The Morgan fingerprint density at radius 1 is 1.00 bits per heavy atom. The lowest BCUT2D eigenvalue weighted by Crippen LogP contribution is -2.54. The van der Waals surface area contributed by atoms with Crippen LogP contribution < -0.4 is 0 Å². The zero-order chi connectivity index (χ0) is 32.9. The molecule has 0 unspecified atom stereocenters. The second-order valence-corrected chi connectivity index (χ2v) is 13.2. The van der Waals surface area contributed by atoms with Gasteiger partial charge in [0, 0.05) is 12.7 Å². The zero-order valence-electron chi connectivity index (χ0n) is 27.5. The molecular weight excluding hydrogens is 594 g/mol. The summed E-state index contributed by atoms with van der Waals surface area (Å²) in [6.45, 7) is 10.1. The number of carbonyl (C=O) groups excluding carboxylic acids is 1. The third-order valence-corrected chi connectivity index (χ3v) is 7.94. The monoisotopic (exact) mass is 641 g/mol. The highest BCUT2D eigenvalue weighted by atomic mass is 16.8. The fourth-order valence-corrected chi connectivity index (χ4v) is 5.98. The van der Waals surface area contributed by atoms with Gasteiger partial charge in [-0.1, -0.05) is 60.7 Å². The molecule has 11 heteroatoms. The number of benzene rings is 2. The van der Waals surface area contributed by atoms with Crippen molar-refractivity contribution in [2.45, 2.75) is 102 Å². The maximum atomic E-state index is 13.4. The van der Waals surface area contributed by atoms with Crippen molar-refractivity contribution < 1.29 is 47.8 Å². The Bertz CT molecular complexity index is 1300. The summed E-state index contributed by atoms with van der Waals surface area (Å²) in [4.78, 5) is 14.9. The standard InChI is InChI=1S/C35H47NO10/c1-34(2,3)46-33(38)36-18-27-31(45-35(4,5)44-27)29(36)30(37)25-17-26(42-20-24-15-11-8-12-16-24)28(43-32(25)39-6)21-41-22-40-19-23-13-9-7-10-14-23/h7-17,26-32,37H,18-22H2,1-6H3/t26-,27-,28+,29+,30-,31-,32-/m0/s1. The lowest BCUT2D eigenvalue weighted by molar-refractivity contribution is -0.207.